The van der Waals surface area contributed by atoms with E-state index in [9.17, 15) is 8.78 Å². The molecule has 4 nitrogen and oxygen atoms in total. The summed E-state index contributed by atoms with van der Waals surface area (Å²) in [5.41, 5.74) is 5.99. The van der Waals surface area contributed by atoms with Gasteiger partial charge in [-0.2, -0.15) is 0 Å². The van der Waals surface area contributed by atoms with Crippen LogP contribution in [0.3, 0.4) is 0 Å². The normalized spacial score (nSPS) is 11.5. The Morgan fingerprint density at radius 3 is 2.14 bits per heavy atom. The van der Waals surface area contributed by atoms with Crippen molar-refractivity contribution in [2.45, 2.75) is 26.1 Å². The Labute approximate surface area is 217 Å². The molecule has 0 aliphatic rings. The summed E-state index contributed by atoms with van der Waals surface area (Å²) in [5, 5.41) is 0. The second kappa shape index (κ2) is 10.7. The molecule has 182 valence electrons. The molecule has 0 aliphatic heterocycles. The number of aryl methyl sites for hydroxylation is 2. The van der Waals surface area contributed by atoms with Gasteiger partial charge in [-0.15, -0.1) is 0 Å². The Morgan fingerprint density at radius 1 is 0.806 bits per heavy atom. The molecular weight excluding hydrogens is 522 g/mol. The number of benzene rings is 3. The smallest absolute Gasteiger partial charge is 0.159 e. The fraction of sp³-hybridized carbons (Fsp3) is 0.172. The summed E-state index contributed by atoms with van der Waals surface area (Å²) < 4.78 is 29.8. The molecule has 0 atom stereocenters. The van der Waals surface area contributed by atoms with Gasteiger partial charge in [0.15, 0.2) is 5.82 Å². The molecule has 0 saturated carbocycles. The van der Waals surface area contributed by atoms with Crippen molar-refractivity contribution in [3.05, 3.63) is 118 Å². The standard InChI is InChI=1S/C29H25BrF2N4/c1-35(18-21-4-9-25(32)10-5-21)19-22-6-11-26-28(16-22)36(15-13-20-2-7-24(31)8-3-20)29(34-26)27-17-23(30)12-14-33-27/h2-12,14,16-17H,13,15,18-19H2,1H3. The zero-order valence-electron chi connectivity index (χ0n) is 19.8. The molecule has 0 saturated heterocycles. The van der Waals surface area contributed by atoms with Crippen molar-refractivity contribution < 1.29 is 8.78 Å². The van der Waals surface area contributed by atoms with Crippen LogP contribution in [0.1, 0.15) is 16.7 Å². The fourth-order valence-corrected chi connectivity index (χ4v) is 4.71. The van der Waals surface area contributed by atoms with Crippen molar-refractivity contribution in [3.8, 4) is 11.5 Å². The maximum absolute atomic E-state index is 13.4. The largest absolute Gasteiger partial charge is 0.322 e. The quantitative estimate of drug-likeness (QED) is 0.210. The van der Waals surface area contributed by atoms with E-state index in [2.05, 4.69) is 49.6 Å². The molecule has 36 heavy (non-hydrogen) atoms. The molecule has 0 amide bonds. The number of fused-ring (bicyclic) bond motifs is 1. The average Bonchev–Trinajstić information content (AvgIpc) is 3.23. The molecule has 0 fully saturated rings. The summed E-state index contributed by atoms with van der Waals surface area (Å²) in [6, 6.07) is 23.4. The molecule has 2 aromatic heterocycles. The molecule has 0 aliphatic carbocycles. The Kier molecular flexibility index (Phi) is 7.20. The third-order valence-electron chi connectivity index (χ3n) is 6.12. The third-order valence-corrected chi connectivity index (χ3v) is 6.61. The molecule has 3 aromatic carbocycles. The second-order valence-electron chi connectivity index (χ2n) is 8.94. The predicted molar refractivity (Wildman–Crippen MR) is 142 cm³/mol. The lowest BCUT2D eigenvalue weighted by Crippen LogP contribution is -2.17. The highest BCUT2D eigenvalue weighted by Gasteiger charge is 2.15. The maximum Gasteiger partial charge on any atom is 0.159 e. The van der Waals surface area contributed by atoms with Gasteiger partial charge in [0.2, 0.25) is 0 Å². The van der Waals surface area contributed by atoms with Gasteiger partial charge in [0.1, 0.15) is 17.3 Å². The van der Waals surface area contributed by atoms with Gasteiger partial charge in [-0.3, -0.25) is 9.88 Å². The van der Waals surface area contributed by atoms with Gasteiger partial charge >= 0.3 is 0 Å². The molecule has 0 spiro atoms. The summed E-state index contributed by atoms with van der Waals surface area (Å²) in [7, 11) is 2.05. The van der Waals surface area contributed by atoms with Gasteiger partial charge in [-0.05, 0) is 78.7 Å². The Hall–Kier alpha value is -3.42. The number of pyridine rings is 1. The Balaban J connectivity index is 1.45. The number of halogens is 3. The zero-order valence-corrected chi connectivity index (χ0v) is 21.4. The number of hydrogen-bond donors (Lipinski definition) is 0. The molecule has 7 heteroatoms. The highest BCUT2D eigenvalue weighted by molar-refractivity contribution is 9.10. The third kappa shape index (κ3) is 5.69. The first-order chi connectivity index (χ1) is 17.4. The molecule has 0 bridgehead atoms. The molecule has 0 radical (unpaired) electrons. The van der Waals surface area contributed by atoms with Crippen molar-refractivity contribution in [1.82, 2.24) is 19.4 Å². The zero-order chi connectivity index (χ0) is 25.1. The van der Waals surface area contributed by atoms with Gasteiger partial charge in [0.05, 0.1) is 11.0 Å². The number of rotatable bonds is 8. The summed E-state index contributed by atoms with van der Waals surface area (Å²) in [6.45, 7) is 2.14. The number of aromatic nitrogens is 3. The first-order valence-corrected chi connectivity index (χ1v) is 12.5. The van der Waals surface area contributed by atoms with Crippen molar-refractivity contribution in [2.24, 2.45) is 0 Å². The second-order valence-corrected chi connectivity index (χ2v) is 9.86. The van der Waals surface area contributed by atoms with Crippen LogP contribution in [0.2, 0.25) is 0 Å². The highest BCUT2D eigenvalue weighted by Crippen LogP contribution is 2.27. The molecule has 0 N–H and O–H groups in total. The number of hydrogen-bond acceptors (Lipinski definition) is 3. The van der Waals surface area contributed by atoms with Crippen molar-refractivity contribution in [2.75, 3.05) is 7.05 Å². The molecular formula is C29H25BrF2N4. The van der Waals surface area contributed by atoms with Crippen LogP contribution >= 0.6 is 15.9 Å². The maximum atomic E-state index is 13.4. The van der Waals surface area contributed by atoms with Gasteiger partial charge < -0.3 is 4.57 Å². The highest BCUT2D eigenvalue weighted by atomic mass is 79.9. The van der Waals surface area contributed by atoms with Gasteiger partial charge in [0, 0.05) is 30.3 Å². The number of imidazole rings is 1. The summed E-state index contributed by atoms with van der Waals surface area (Å²) >= 11 is 3.54. The Bertz CT molecular complexity index is 1480. The van der Waals surface area contributed by atoms with Crippen molar-refractivity contribution in [3.63, 3.8) is 0 Å². The lowest BCUT2D eigenvalue weighted by atomic mass is 10.1. The molecule has 5 aromatic rings. The lowest BCUT2D eigenvalue weighted by Gasteiger charge is -2.17. The van der Waals surface area contributed by atoms with E-state index in [1.54, 1.807) is 6.20 Å². The fourth-order valence-electron chi connectivity index (χ4n) is 4.38. The van der Waals surface area contributed by atoms with Crippen LogP contribution in [0.5, 0.6) is 0 Å². The number of nitrogens with zero attached hydrogens (tertiary/aromatic N) is 4. The van der Waals surface area contributed by atoms with Crippen LogP contribution in [-0.2, 0) is 26.1 Å². The van der Waals surface area contributed by atoms with Crippen molar-refractivity contribution in [1.29, 1.82) is 0 Å². The van der Waals surface area contributed by atoms with Crippen LogP contribution in [-0.4, -0.2) is 26.5 Å². The van der Waals surface area contributed by atoms with E-state index < -0.39 is 0 Å². The summed E-state index contributed by atoms with van der Waals surface area (Å²) in [6.07, 6.45) is 2.50. The van der Waals surface area contributed by atoms with E-state index in [1.807, 2.05) is 42.5 Å². The monoisotopic (exact) mass is 546 g/mol. The first-order valence-electron chi connectivity index (χ1n) is 11.7. The first kappa shape index (κ1) is 24.3. The minimum absolute atomic E-state index is 0.225. The SMILES string of the molecule is CN(Cc1ccc(F)cc1)Cc1ccc2nc(-c3cc(Br)ccn3)n(CCc3ccc(F)cc3)c2c1. The Morgan fingerprint density at radius 2 is 1.44 bits per heavy atom. The van der Waals surface area contributed by atoms with Crippen LogP contribution < -0.4 is 0 Å². The van der Waals surface area contributed by atoms with E-state index in [0.717, 1.165) is 63.2 Å². The van der Waals surface area contributed by atoms with Crippen LogP contribution in [0.15, 0.2) is 89.5 Å². The van der Waals surface area contributed by atoms with Crippen LogP contribution in [0.4, 0.5) is 8.78 Å². The summed E-state index contributed by atoms with van der Waals surface area (Å²) in [4.78, 5) is 11.7. The van der Waals surface area contributed by atoms with Crippen LogP contribution in [0, 0.1) is 11.6 Å². The molecule has 0 unspecified atom stereocenters. The minimum Gasteiger partial charge on any atom is -0.322 e. The summed E-state index contributed by atoms with van der Waals surface area (Å²) in [5.74, 6) is 0.335. The van der Waals surface area contributed by atoms with Crippen LogP contribution in [0.25, 0.3) is 22.6 Å². The van der Waals surface area contributed by atoms with E-state index in [0.29, 0.717) is 6.54 Å². The van der Waals surface area contributed by atoms with E-state index in [-0.39, 0.29) is 11.6 Å². The van der Waals surface area contributed by atoms with Gasteiger partial charge in [0.25, 0.3) is 0 Å². The predicted octanol–water partition coefficient (Wildman–Crippen LogP) is 7.01. The molecule has 5 rings (SSSR count). The van der Waals surface area contributed by atoms with E-state index in [1.165, 1.54) is 24.3 Å². The van der Waals surface area contributed by atoms with E-state index >= 15 is 0 Å². The topological polar surface area (TPSA) is 34.0 Å². The van der Waals surface area contributed by atoms with Gasteiger partial charge in [-0.25, -0.2) is 13.8 Å². The molecule has 2 heterocycles. The average molecular weight is 547 g/mol. The van der Waals surface area contributed by atoms with Crippen molar-refractivity contribution >= 4 is 27.0 Å². The van der Waals surface area contributed by atoms with E-state index in [4.69, 9.17) is 4.98 Å². The minimum atomic E-state index is -0.236. The lowest BCUT2D eigenvalue weighted by molar-refractivity contribution is 0.319. The van der Waals surface area contributed by atoms with Gasteiger partial charge in [-0.1, -0.05) is 46.3 Å².